The summed E-state index contributed by atoms with van der Waals surface area (Å²) in [4.78, 5) is 0. The lowest BCUT2D eigenvalue weighted by Crippen LogP contribution is -2.08. The minimum atomic E-state index is -4.37. The van der Waals surface area contributed by atoms with E-state index < -0.39 is 11.7 Å². The van der Waals surface area contributed by atoms with Crippen molar-refractivity contribution in [1.82, 2.24) is 0 Å². The number of halogens is 3. The third-order valence-corrected chi connectivity index (χ3v) is 1.88. The number of ether oxygens (including phenoxy) is 1. The molecule has 0 fully saturated rings. The van der Waals surface area contributed by atoms with Crippen LogP contribution in [0.1, 0.15) is 11.1 Å². The van der Waals surface area contributed by atoms with E-state index in [9.17, 15) is 13.2 Å². The highest BCUT2D eigenvalue weighted by atomic mass is 19.4. The zero-order chi connectivity index (χ0) is 10.9. The summed E-state index contributed by atoms with van der Waals surface area (Å²) in [5, 5.41) is 0. The molecule has 0 radical (unpaired) electrons. The third kappa shape index (κ3) is 1.92. The molecule has 0 unspecified atom stereocenters. The first-order chi connectivity index (χ1) is 6.36. The average molecular weight is 205 g/mol. The number of anilines is 1. The fourth-order valence-corrected chi connectivity index (χ4v) is 1.19. The normalized spacial score (nSPS) is 11.5. The molecule has 0 aliphatic carbocycles. The largest absolute Gasteiger partial charge is 0.495 e. The summed E-state index contributed by atoms with van der Waals surface area (Å²) in [6.45, 7) is 1.36. The molecule has 0 heterocycles. The third-order valence-electron chi connectivity index (χ3n) is 1.88. The number of rotatable bonds is 1. The van der Waals surface area contributed by atoms with Crippen molar-refractivity contribution in [3.8, 4) is 5.75 Å². The molecule has 2 nitrogen and oxygen atoms in total. The molecule has 0 aromatic heterocycles. The molecule has 1 rings (SSSR count). The lowest BCUT2D eigenvalue weighted by Gasteiger charge is -2.13. The number of aryl methyl sites for hydroxylation is 1. The number of nitrogen functional groups attached to an aromatic ring is 1. The summed E-state index contributed by atoms with van der Waals surface area (Å²) in [5.74, 6) is 0.0444. The number of nitrogens with two attached hydrogens (primary N) is 1. The van der Waals surface area contributed by atoms with E-state index in [0.717, 1.165) is 6.07 Å². The second kappa shape index (κ2) is 3.40. The van der Waals surface area contributed by atoms with Gasteiger partial charge in [0, 0.05) is 0 Å². The maximum absolute atomic E-state index is 12.4. The Bertz CT molecular complexity index is 347. The summed E-state index contributed by atoms with van der Waals surface area (Å²) in [6, 6.07) is 2.16. The first-order valence-corrected chi connectivity index (χ1v) is 3.87. The fraction of sp³-hybridized carbons (Fsp3) is 0.333. The number of methoxy groups -OCH3 is 1. The van der Waals surface area contributed by atoms with Gasteiger partial charge in [-0.3, -0.25) is 0 Å². The minimum absolute atomic E-state index is 0.0444. The number of hydrogen-bond acceptors (Lipinski definition) is 2. The Hall–Kier alpha value is -1.39. The van der Waals surface area contributed by atoms with E-state index in [4.69, 9.17) is 10.5 Å². The van der Waals surface area contributed by atoms with Gasteiger partial charge in [-0.05, 0) is 24.6 Å². The zero-order valence-electron chi connectivity index (χ0n) is 7.77. The second-order valence-corrected chi connectivity index (χ2v) is 2.91. The topological polar surface area (TPSA) is 35.2 Å². The fourth-order valence-electron chi connectivity index (χ4n) is 1.19. The van der Waals surface area contributed by atoms with Gasteiger partial charge in [0.05, 0.1) is 18.4 Å². The Labute approximate surface area is 79.5 Å². The average Bonchev–Trinajstić information content (AvgIpc) is 2.02. The lowest BCUT2D eigenvalue weighted by molar-refractivity contribution is -0.138. The standard InChI is InChI=1S/C9H10F3NO/c1-5-3-7(13)8(14-2)4-6(5)9(10,11)12/h3-4H,13H2,1-2H3. The first kappa shape index (κ1) is 10.7. The highest BCUT2D eigenvalue weighted by Gasteiger charge is 2.33. The SMILES string of the molecule is COc1cc(C(F)(F)F)c(C)cc1N. The molecule has 0 saturated heterocycles. The van der Waals surface area contributed by atoms with Gasteiger partial charge in [0.15, 0.2) is 0 Å². The van der Waals surface area contributed by atoms with Crippen LogP contribution in [0.15, 0.2) is 12.1 Å². The van der Waals surface area contributed by atoms with Crippen molar-refractivity contribution in [3.05, 3.63) is 23.3 Å². The van der Waals surface area contributed by atoms with Crippen LogP contribution >= 0.6 is 0 Å². The Morgan fingerprint density at radius 2 is 1.86 bits per heavy atom. The zero-order valence-corrected chi connectivity index (χ0v) is 7.77. The molecule has 0 aliphatic rings. The van der Waals surface area contributed by atoms with Crippen molar-refractivity contribution in [2.45, 2.75) is 13.1 Å². The van der Waals surface area contributed by atoms with Gasteiger partial charge in [-0.15, -0.1) is 0 Å². The molecular formula is C9H10F3NO. The molecule has 0 atom stereocenters. The van der Waals surface area contributed by atoms with Gasteiger partial charge >= 0.3 is 6.18 Å². The van der Waals surface area contributed by atoms with Gasteiger partial charge in [0.25, 0.3) is 0 Å². The van der Waals surface area contributed by atoms with E-state index in [1.807, 2.05) is 0 Å². The smallest absolute Gasteiger partial charge is 0.416 e. The van der Waals surface area contributed by atoms with Gasteiger partial charge in [-0.25, -0.2) is 0 Å². The molecule has 78 valence electrons. The van der Waals surface area contributed by atoms with E-state index in [1.54, 1.807) is 0 Å². The second-order valence-electron chi connectivity index (χ2n) is 2.91. The molecular weight excluding hydrogens is 195 g/mol. The number of alkyl halides is 3. The number of benzene rings is 1. The maximum atomic E-state index is 12.4. The predicted molar refractivity (Wildman–Crippen MR) is 47.1 cm³/mol. The molecule has 0 bridgehead atoms. The van der Waals surface area contributed by atoms with E-state index in [2.05, 4.69) is 0 Å². The van der Waals surface area contributed by atoms with Crippen molar-refractivity contribution in [3.63, 3.8) is 0 Å². The van der Waals surface area contributed by atoms with Crippen molar-refractivity contribution in [2.75, 3.05) is 12.8 Å². The quantitative estimate of drug-likeness (QED) is 0.715. The van der Waals surface area contributed by atoms with Crippen LogP contribution in [0.4, 0.5) is 18.9 Å². The highest BCUT2D eigenvalue weighted by molar-refractivity contribution is 5.57. The van der Waals surface area contributed by atoms with Crippen LogP contribution < -0.4 is 10.5 Å². The van der Waals surface area contributed by atoms with E-state index in [-0.39, 0.29) is 17.0 Å². The van der Waals surface area contributed by atoms with Crippen LogP contribution in [0.5, 0.6) is 5.75 Å². The Balaban J connectivity index is 3.32. The summed E-state index contributed by atoms with van der Waals surface area (Å²) < 4.78 is 41.9. The van der Waals surface area contributed by atoms with Crippen LogP contribution in [-0.4, -0.2) is 7.11 Å². The summed E-state index contributed by atoms with van der Waals surface area (Å²) in [6.07, 6.45) is -4.37. The predicted octanol–water partition coefficient (Wildman–Crippen LogP) is 2.60. The van der Waals surface area contributed by atoms with Crippen LogP contribution in [0.25, 0.3) is 0 Å². The Morgan fingerprint density at radius 1 is 1.29 bits per heavy atom. The van der Waals surface area contributed by atoms with Crippen molar-refractivity contribution in [1.29, 1.82) is 0 Å². The Morgan fingerprint density at radius 3 is 2.29 bits per heavy atom. The molecule has 1 aromatic carbocycles. The molecule has 0 spiro atoms. The highest BCUT2D eigenvalue weighted by Crippen LogP contribution is 2.36. The molecule has 2 N–H and O–H groups in total. The molecule has 1 aromatic rings. The molecule has 5 heteroatoms. The van der Waals surface area contributed by atoms with E-state index >= 15 is 0 Å². The van der Waals surface area contributed by atoms with Crippen LogP contribution in [-0.2, 0) is 6.18 Å². The summed E-state index contributed by atoms with van der Waals surface area (Å²) in [5.41, 5.74) is 5.03. The summed E-state index contributed by atoms with van der Waals surface area (Å²) in [7, 11) is 1.28. The van der Waals surface area contributed by atoms with Crippen molar-refractivity contribution in [2.24, 2.45) is 0 Å². The van der Waals surface area contributed by atoms with E-state index in [1.165, 1.54) is 20.1 Å². The molecule has 14 heavy (non-hydrogen) atoms. The minimum Gasteiger partial charge on any atom is -0.495 e. The van der Waals surface area contributed by atoms with Gasteiger partial charge in [0.2, 0.25) is 0 Å². The summed E-state index contributed by atoms with van der Waals surface area (Å²) >= 11 is 0. The van der Waals surface area contributed by atoms with Gasteiger partial charge in [-0.1, -0.05) is 0 Å². The van der Waals surface area contributed by atoms with Crippen LogP contribution in [0.3, 0.4) is 0 Å². The molecule has 0 saturated carbocycles. The van der Waals surface area contributed by atoms with Gasteiger partial charge < -0.3 is 10.5 Å². The van der Waals surface area contributed by atoms with Gasteiger partial charge in [0.1, 0.15) is 5.75 Å². The van der Waals surface area contributed by atoms with Crippen LogP contribution in [0.2, 0.25) is 0 Å². The molecule has 0 aliphatic heterocycles. The maximum Gasteiger partial charge on any atom is 0.416 e. The first-order valence-electron chi connectivity index (χ1n) is 3.87. The van der Waals surface area contributed by atoms with E-state index in [0.29, 0.717) is 0 Å². The number of hydrogen-bond donors (Lipinski definition) is 1. The Kier molecular flexibility index (Phi) is 2.59. The van der Waals surface area contributed by atoms with Crippen molar-refractivity contribution >= 4 is 5.69 Å². The molecule has 0 amide bonds. The van der Waals surface area contributed by atoms with Crippen LogP contribution in [0, 0.1) is 6.92 Å². The van der Waals surface area contributed by atoms with Gasteiger partial charge in [-0.2, -0.15) is 13.2 Å². The van der Waals surface area contributed by atoms with Crippen molar-refractivity contribution < 1.29 is 17.9 Å². The lowest BCUT2D eigenvalue weighted by atomic mass is 10.1. The monoisotopic (exact) mass is 205 g/mol.